The van der Waals surface area contributed by atoms with Gasteiger partial charge in [-0.2, -0.15) is 0 Å². The van der Waals surface area contributed by atoms with Gasteiger partial charge in [0.2, 0.25) is 0 Å². The van der Waals surface area contributed by atoms with Crippen LogP contribution >= 0.6 is 11.6 Å². The highest BCUT2D eigenvalue weighted by atomic mass is 35.5. The molecular weight excluding hydrogens is 186 g/mol. The monoisotopic (exact) mass is 197 g/mol. The van der Waals surface area contributed by atoms with Crippen LogP contribution in [0.15, 0.2) is 18.5 Å². The third kappa shape index (κ3) is 2.13. The van der Waals surface area contributed by atoms with Gasteiger partial charge in [0.15, 0.2) is 5.75 Å². The first-order chi connectivity index (χ1) is 6.36. The van der Waals surface area contributed by atoms with Gasteiger partial charge in [0.25, 0.3) is 0 Å². The molecule has 3 heteroatoms. The summed E-state index contributed by atoms with van der Waals surface area (Å²) in [5.74, 6) is 0.719. The molecule has 1 fully saturated rings. The predicted molar refractivity (Wildman–Crippen MR) is 52.1 cm³/mol. The molecule has 1 aromatic rings. The smallest absolute Gasteiger partial charge is 0.156 e. The van der Waals surface area contributed by atoms with E-state index in [1.54, 1.807) is 18.5 Å². The van der Waals surface area contributed by atoms with Gasteiger partial charge in [0.05, 0.1) is 17.3 Å². The Bertz CT molecular complexity index is 284. The molecule has 1 aliphatic rings. The van der Waals surface area contributed by atoms with Crippen LogP contribution in [0.1, 0.15) is 25.7 Å². The zero-order chi connectivity index (χ0) is 9.10. The molecule has 1 aliphatic carbocycles. The number of nitrogens with zero attached hydrogens (tertiary/aromatic N) is 1. The minimum absolute atomic E-state index is 0.349. The molecule has 2 rings (SSSR count). The largest absolute Gasteiger partial charge is 0.487 e. The van der Waals surface area contributed by atoms with Gasteiger partial charge in [-0.15, -0.1) is 0 Å². The Hall–Kier alpha value is -0.760. The highest BCUT2D eigenvalue weighted by Crippen LogP contribution is 2.28. The fourth-order valence-electron chi connectivity index (χ4n) is 1.64. The Morgan fingerprint density at radius 3 is 2.85 bits per heavy atom. The molecular formula is C10H12ClNO. The van der Waals surface area contributed by atoms with Gasteiger partial charge < -0.3 is 4.74 Å². The number of aromatic nitrogens is 1. The molecule has 0 N–H and O–H groups in total. The number of hydrogen-bond donors (Lipinski definition) is 0. The van der Waals surface area contributed by atoms with Gasteiger partial charge in [0.1, 0.15) is 0 Å². The first-order valence-electron chi connectivity index (χ1n) is 4.62. The standard InChI is InChI=1S/C10H12ClNO/c11-9-5-6-12-7-10(9)13-8-3-1-2-4-8/h5-8H,1-4H2. The summed E-state index contributed by atoms with van der Waals surface area (Å²) < 4.78 is 5.71. The second-order valence-electron chi connectivity index (χ2n) is 3.33. The van der Waals surface area contributed by atoms with Crippen molar-refractivity contribution in [3.8, 4) is 5.75 Å². The van der Waals surface area contributed by atoms with Crippen LogP contribution in [0.25, 0.3) is 0 Å². The van der Waals surface area contributed by atoms with Crippen LogP contribution in [0.4, 0.5) is 0 Å². The summed E-state index contributed by atoms with van der Waals surface area (Å²) in [7, 11) is 0. The van der Waals surface area contributed by atoms with Crippen LogP contribution in [-0.4, -0.2) is 11.1 Å². The van der Waals surface area contributed by atoms with E-state index in [1.165, 1.54) is 12.8 Å². The van der Waals surface area contributed by atoms with Crippen LogP contribution in [-0.2, 0) is 0 Å². The van der Waals surface area contributed by atoms with Crippen LogP contribution in [0.5, 0.6) is 5.75 Å². The fourth-order valence-corrected chi connectivity index (χ4v) is 1.79. The summed E-state index contributed by atoms with van der Waals surface area (Å²) in [5.41, 5.74) is 0. The Kier molecular flexibility index (Phi) is 2.69. The van der Waals surface area contributed by atoms with Crippen molar-refractivity contribution in [1.82, 2.24) is 4.98 Å². The van der Waals surface area contributed by atoms with Gasteiger partial charge in [-0.05, 0) is 31.7 Å². The van der Waals surface area contributed by atoms with Gasteiger partial charge in [-0.1, -0.05) is 11.6 Å². The minimum atomic E-state index is 0.349. The predicted octanol–water partition coefficient (Wildman–Crippen LogP) is 3.06. The van der Waals surface area contributed by atoms with Crippen LogP contribution in [0.3, 0.4) is 0 Å². The van der Waals surface area contributed by atoms with E-state index in [0.717, 1.165) is 18.6 Å². The lowest BCUT2D eigenvalue weighted by molar-refractivity contribution is 0.209. The van der Waals surface area contributed by atoms with E-state index < -0.39 is 0 Å². The number of halogens is 1. The van der Waals surface area contributed by atoms with E-state index in [9.17, 15) is 0 Å². The van der Waals surface area contributed by atoms with Crippen molar-refractivity contribution in [3.63, 3.8) is 0 Å². The van der Waals surface area contributed by atoms with Gasteiger partial charge >= 0.3 is 0 Å². The maximum atomic E-state index is 5.94. The molecule has 1 heterocycles. The van der Waals surface area contributed by atoms with Crippen LogP contribution < -0.4 is 4.74 Å². The van der Waals surface area contributed by atoms with E-state index in [4.69, 9.17) is 16.3 Å². The summed E-state index contributed by atoms with van der Waals surface area (Å²) >= 11 is 5.94. The normalized spacial score (nSPS) is 17.6. The molecule has 70 valence electrons. The molecule has 1 saturated carbocycles. The van der Waals surface area contributed by atoms with E-state index in [-0.39, 0.29) is 0 Å². The summed E-state index contributed by atoms with van der Waals surface area (Å²) in [6.45, 7) is 0. The Morgan fingerprint density at radius 2 is 2.15 bits per heavy atom. The zero-order valence-electron chi connectivity index (χ0n) is 7.37. The van der Waals surface area contributed by atoms with Crippen molar-refractivity contribution < 1.29 is 4.74 Å². The van der Waals surface area contributed by atoms with Crippen molar-refractivity contribution in [2.75, 3.05) is 0 Å². The average Bonchev–Trinajstić information content (AvgIpc) is 2.61. The highest BCUT2D eigenvalue weighted by Gasteiger charge is 2.17. The third-order valence-electron chi connectivity index (χ3n) is 2.33. The lowest BCUT2D eigenvalue weighted by Crippen LogP contribution is -2.11. The first kappa shape index (κ1) is 8.82. The van der Waals surface area contributed by atoms with Gasteiger partial charge in [-0.3, -0.25) is 4.98 Å². The van der Waals surface area contributed by atoms with Gasteiger partial charge in [-0.25, -0.2) is 0 Å². The Balaban J connectivity index is 2.04. The molecule has 2 nitrogen and oxygen atoms in total. The van der Waals surface area contributed by atoms with E-state index >= 15 is 0 Å². The molecule has 1 aromatic heterocycles. The lowest BCUT2D eigenvalue weighted by Gasteiger charge is -2.13. The molecule has 0 saturated heterocycles. The Morgan fingerprint density at radius 1 is 1.38 bits per heavy atom. The third-order valence-corrected chi connectivity index (χ3v) is 2.64. The minimum Gasteiger partial charge on any atom is -0.487 e. The quantitative estimate of drug-likeness (QED) is 0.727. The summed E-state index contributed by atoms with van der Waals surface area (Å²) in [5, 5.41) is 0.655. The lowest BCUT2D eigenvalue weighted by atomic mass is 10.3. The van der Waals surface area contributed by atoms with Crippen molar-refractivity contribution in [1.29, 1.82) is 0 Å². The van der Waals surface area contributed by atoms with Gasteiger partial charge in [0, 0.05) is 6.20 Å². The SMILES string of the molecule is Clc1ccncc1OC1CCCC1. The molecule has 13 heavy (non-hydrogen) atoms. The van der Waals surface area contributed by atoms with Crippen LogP contribution in [0, 0.1) is 0 Å². The number of pyridine rings is 1. The molecule has 0 aliphatic heterocycles. The molecule has 0 radical (unpaired) electrons. The average molecular weight is 198 g/mol. The zero-order valence-corrected chi connectivity index (χ0v) is 8.13. The van der Waals surface area contributed by atoms with Crippen molar-refractivity contribution in [2.45, 2.75) is 31.8 Å². The molecule has 0 amide bonds. The second kappa shape index (κ2) is 3.97. The van der Waals surface area contributed by atoms with E-state index in [1.807, 2.05) is 0 Å². The molecule has 0 unspecified atom stereocenters. The van der Waals surface area contributed by atoms with E-state index in [0.29, 0.717) is 11.1 Å². The number of ether oxygens (including phenoxy) is 1. The molecule has 0 atom stereocenters. The molecule has 0 aromatic carbocycles. The molecule has 0 bridgehead atoms. The number of rotatable bonds is 2. The summed E-state index contributed by atoms with van der Waals surface area (Å²) in [4.78, 5) is 3.98. The summed E-state index contributed by atoms with van der Waals surface area (Å²) in [6, 6.07) is 1.76. The first-order valence-corrected chi connectivity index (χ1v) is 5.00. The Labute approximate surface area is 82.9 Å². The second-order valence-corrected chi connectivity index (χ2v) is 3.74. The van der Waals surface area contributed by atoms with Crippen molar-refractivity contribution in [3.05, 3.63) is 23.5 Å². The fraction of sp³-hybridized carbons (Fsp3) is 0.500. The number of hydrogen-bond acceptors (Lipinski definition) is 2. The van der Waals surface area contributed by atoms with Crippen LogP contribution in [0.2, 0.25) is 5.02 Å². The topological polar surface area (TPSA) is 22.1 Å². The van der Waals surface area contributed by atoms with Crippen molar-refractivity contribution in [2.24, 2.45) is 0 Å². The summed E-state index contributed by atoms with van der Waals surface area (Å²) in [6.07, 6.45) is 8.52. The maximum Gasteiger partial charge on any atom is 0.156 e. The van der Waals surface area contributed by atoms with Crippen molar-refractivity contribution >= 4 is 11.6 Å². The molecule has 0 spiro atoms. The van der Waals surface area contributed by atoms with E-state index in [2.05, 4.69) is 4.98 Å². The maximum absolute atomic E-state index is 5.94. The highest BCUT2D eigenvalue weighted by molar-refractivity contribution is 6.31.